The van der Waals surface area contributed by atoms with Crippen LogP contribution in [0.15, 0.2) is 36.4 Å². The Labute approximate surface area is 112 Å². The Hall–Kier alpha value is -2.14. The van der Waals surface area contributed by atoms with Crippen LogP contribution in [0.25, 0.3) is 16.7 Å². The Kier molecular flexibility index (Phi) is 2.64. The molecule has 2 aromatic carbocycles. The zero-order chi connectivity index (χ0) is 13.6. The van der Waals surface area contributed by atoms with Crippen LogP contribution in [-0.4, -0.2) is 9.55 Å². The number of benzene rings is 2. The van der Waals surface area contributed by atoms with Crippen LogP contribution < -0.4 is 5.73 Å². The number of hydrogen-bond donors (Lipinski definition) is 1. The quantitative estimate of drug-likeness (QED) is 0.740. The van der Waals surface area contributed by atoms with Gasteiger partial charge >= 0.3 is 0 Å². The molecule has 3 rings (SSSR count). The maximum Gasteiger partial charge on any atom is 0.206 e. The molecule has 0 aliphatic heterocycles. The largest absolute Gasteiger partial charge is 0.369 e. The second-order valence-corrected chi connectivity index (χ2v) is 4.42. The zero-order valence-corrected chi connectivity index (χ0v) is 10.3. The molecule has 0 amide bonds. The monoisotopic (exact) mass is 279 g/mol. The molecule has 3 aromatic rings. The standard InChI is InChI=1S/C13H8ClF2N3/c14-8-6-7(4-5-9(8)15)19-11-3-1-2-10(16)12(11)18-13(19)17/h1-6H,(H2,17,18). The van der Waals surface area contributed by atoms with E-state index in [9.17, 15) is 8.78 Å². The van der Waals surface area contributed by atoms with E-state index in [-0.39, 0.29) is 16.5 Å². The summed E-state index contributed by atoms with van der Waals surface area (Å²) in [4.78, 5) is 3.97. The second kappa shape index (κ2) is 4.20. The van der Waals surface area contributed by atoms with Crippen LogP contribution in [0, 0.1) is 11.6 Å². The van der Waals surface area contributed by atoms with Crippen LogP contribution in [-0.2, 0) is 0 Å². The topological polar surface area (TPSA) is 43.8 Å². The molecule has 6 heteroatoms. The molecule has 1 aromatic heterocycles. The second-order valence-electron chi connectivity index (χ2n) is 4.01. The predicted octanol–water partition coefficient (Wildman–Crippen LogP) is 3.54. The minimum atomic E-state index is -0.528. The molecule has 96 valence electrons. The fourth-order valence-electron chi connectivity index (χ4n) is 1.98. The summed E-state index contributed by atoms with van der Waals surface area (Å²) in [6, 6.07) is 8.68. The van der Waals surface area contributed by atoms with Crippen molar-refractivity contribution in [1.29, 1.82) is 0 Å². The molecule has 0 saturated carbocycles. The first-order valence-corrected chi connectivity index (χ1v) is 5.83. The maximum atomic E-state index is 13.6. The van der Waals surface area contributed by atoms with Gasteiger partial charge in [0.15, 0.2) is 5.82 Å². The summed E-state index contributed by atoms with van der Waals surface area (Å²) in [5, 5.41) is -0.0323. The third kappa shape index (κ3) is 1.82. The maximum absolute atomic E-state index is 13.6. The number of nitrogen functional groups attached to an aromatic ring is 1. The van der Waals surface area contributed by atoms with Crippen molar-refractivity contribution in [3.63, 3.8) is 0 Å². The van der Waals surface area contributed by atoms with Crippen LogP contribution in [0.1, 0.15) is 0 Å². The van der Waals surface area contributed by atoms with Gasteiger partial charge in [-0.15, -0.1) is 0 Å². The lowest BCUT2D eigenvalue weighted by Crippen LogP contribution is -2.00. The van der Waals surface area contributed by atoms with Crippen molar-refractivity contribution in [1.82, 2.24) is 9.55 Å². The van der Waals surface area contributed by atoms with E-state index in [0.29, 0.717) is 11.2 Å². The molecule has 0 aliphatic carbocycles. The van der Waals surface area contributed by atoms with Crippen molar-refractivity contribution in [3.05, 3.63) is 53.1 Å². The summed E-state index contributed by atoms with van der Waals surface area (Å²) >= 11 is 5.74. The molecule has 0 atom stereocenters. The van der Waals surface area contributed by atoms with E-state index >= 15 is 0 Å². The van der Waals surface area contributed by atoms with Gasteiger partial charge in [0.25, 0.3) is 0 Å². The third-order valence-corrected chi connectivity index (χ3v) is 3.11. The van der Waals surface area contributed by atoms with Crippen LogP contribution >= 0.6 is 11.6 Å². The number of para-hydroxylation sites is 1. The van der Waals surface area contributed by atoms with Gasteiger partial charge in [0.1, 0.15) is 11.3 Å². The smallest absolute Gasteiger partial charge is 0.206 e. The van der Waals surface area contributed by atoms with Gasteiger partial charge in [-0.05, 0) is 30.3 Å². The van der Waals surface area contributed by atoms with E-state index in [1.807, 2.05) is 0 Å². The number of nitrogens with two attached hydrogens (primary N) is 1. The Balaban J connectivity index is 2.33. The zero-order valence-electron chi connectivity index (χ0n) is 9.57. The first-order valence-electron chi connectivity index (χ1n) is 5.46. The Morgan fingerprint density at radius 2 is 1.89 bits per heavy atom. The van der Waals surface area contributed by atoms with Crippen LogP contribution in [0.3, 0.4) is 0 Å². The fourth-order valence-corrected chi connectivity index (χ4v) is 2.15. The molecule has 0 bridgehead atoms. The van der Waals surface area contributed by atoms with Gasteiger partial charge in [-0.3, -0.25) is 4.57 Å². The van der Waals surface area contributed by atoms with Gasteiger partial charge in [0.2, 0.25) is 5.95 Å². The summed E-state index contributed by atoms with van der Waals surface area (Å²) in [5.41, 5.74) is 6.98. The van der Waals surface area contributed by atoms with E-state index in [1.165, 1.54) is 28.8 Å². The highest BCUT2D eigenvalue weighted by molar-refractivity contribution is 6.30. The van der Waals surface area contributed by atoms with E-state index in [0.717, 1.165) is 0 Å². The SMILES string of the molecule is Nc1nc2c(F)cccc2n1-c1ccc(F)c(Cl)c1. The van der Waals surface area contributed by atoms with Crippen LogP contribution in [0.2, 0.25) is 5.02 Å². The van der Waals surface area contributed by atoms with Crippen molar-refractivity contribution in [2.75, 3.05) is 5.73 Å². The van der Waals surface area contributed by atoms with Gasteiger partial charge in [-0.1, -0.05) is 17.7 Å². The van der Waals surface area contributed by atoms with Crippen molar-refractivity contribution in [3.8, 4) is 5.69 Å². The number of hydrogen-bond acceptors (Lipinski definition) is 2. The molecular formula is C13H8ClF2N3. The summed E-state index contributed by atoms with van der Waals surface area (Å²) in [6.07, 6.45) is 0. The molecular weight excluding hydrogens is 272 g/mol. The van der Waals surface area contributed by atoms with Crippen molar-refractivity contribution in [2.45, 2.75) is 0 Å². The van der Waals surface area contributed by atoms with Crippen molar-refractivity contribution in [2.24, 2.45) is 0 Å². The minimum Gasteiger partial charge on any atom is -0.369 e. The summed E-state index contributed by atoms with van der Waals surface area (Å²) < 4.78 is 28.3. The lowest BCUT2D eigenvalue weighted by Gasteiger charge is -2.07. The molecule has 2 N–H and O–H groups in total. The van der Waals surface area contributed by atoms with E-state index in [2.05, 4.69) is 4.98 Å². The highest BCUT2D eigenvalue weighted by atomic mass is 35.5. The average Bonchev–Trinajstić information content (AvgIpc) is 2.71. The Morgan fingerprint density at radius 3 is 2.63 bits per heavy atom. The van der Waals surface area contributed by atoms with Gasteiger partial charge in [0, 0.05) is 0 Å². The van der Waals surface area contributed by atoms with Gasteiger partial charge in [-0.25, -0.2) is 13.8 Å². The molecule has 0 unspecified atom stereocenters. The van der Waals surface area contributed by atoms with Gasteiger partial charge < -0.3 is 5.73 Å². The lowest BCUT2D eigenvalue weighted by atomic mass is 10.2. The molecule has 1 heterocycles. The summed E-state index contributed by atoms with van der Waals surface area (Å²) in [6.45, 7) is 0. The minimum absolute atomic E-state index is 0.0323. The summed E-state index contributed by atoms with van der Waals surface area (Å²) in [5.74, 6) is -0.876. The van der Waals surface area contributed by atoms with Crippen molar-refractivity contribution >= 4 is 28.6 Å². The highest BCUT2D eigenvalue weighted by Crippen LogP contribution is 2.27. The first-order chi connectivity index (χ1) is 9.08. The number of anilines is 1. The van der Waals surface area contributed by atoms with Crippen molar-refractivity contribution < 1.29 is 8.78 Å². The molecule has 0 radical (unpaired) electrons. The number of halogens is 3. The number of rotatable bonds is 1. The van der Waals surface area contributed by atoms with E-state index < -0.39 is 11.6 Å². The van der Waals surface area contributed by atoms with Crippen LogP contribution in [0.5, 0.6) is 0 Å². The molecule has 0 aliphatic rings. The van der Waals surface area contributed by atoms with Gasteiger partial charge in [0.05, 0.1) is 16.2 Å². The molecule has 0 fully saturated rings. The average molecular weight is 280 g/mol. The Morgan fingerprint density at radius 1 is 1.11 bits per heavy atom. The van der Waals surface area contributed by atoms with Gasteiger partial charge in [-0.2, -0.15) is 0 Å². The predicted molar refractivity (Wildman–Crippen MR) is 70.4 cm³/mol. The van der Waals surface area contributed by atoms with Crippen LogP contribution in [0.4, 0.5) is 14.7 Å². The Bertz CT molecular complexity index is 783. The number of aromatic nitrogens is 2. The summed E-state index contributed by atoms with van der Waals surface area (Å²) in [7, 11) is 0. The molecule has 19 heavy (non-hydrogen) atoms. The fraction of sp³-hybridized carbons (Fsp3) is 0. The van der Waals surface area contributed by atoms with E-state index in [4.69, 9.17) is 17.3 Å². The lowest BCUT2D eigenvalue weighted by molar-refractivity contribution is 0.628. The molecule has 3 nitrogen and oxygen atoms in total. The van der Waals surface area contributed by atoms with E-state index in [1.54, 1.807) is 12.1 Å². The normalized spacial score (nSPS) is 11.1. The number of imidazole rings is 1. The first kappa shape index (κ1) is 11.9. The number of nitrogens with zero attached hydrogens (tertiary/aromatic N) is 2. The molecule has 0 spiro atoms. The number of fused-ring (bicyclic) bond motifs is 1. The highest BCUT2D eigenvalue weighted by Gasteiger charge is 2.13. The molecule has 0 saturated heterocycles. The third-order valence-electron chi connectivity index (χ3n) is 2.82.